The minimum atomic E-state index is -0.482. The number of esters is 2. The van der Waals surface area contributed by atoms with Crippen molar-refractivity contribution in [3.63, 3.8) is 0 Å². The Morgan fingerprint density at radius 2 is 1.88 bits per heavy atom. The van der Waals surface area contributed by atoms with Gasteiger partial charge in [-0.25, -0.2) is 0 Å². The maximum atomic E-state index is 11.6. The highest BCUT2D eigenvalue weighted by Crippen LogP contribution is 2.16. The third kappa shape index (κ3) is 3.50. The lowest BCUT2D eigenvalue weighted by Crippen LogP contribution is -2.17. The molecule has 0 N–H and O–H groups in total. The summed E-state index contributed by atoms with van der Waals surface area (Å²) in [7, 11) is 0. The van der Waals surface area contributed by atoms with E-state index in [1.54, 1.807) is 6.92 Å². The molecule has 1 rings (SSSR count). The molecule has 0 aliphatic heterocycles. The minimum Gasteiger partial charge on any atom is -0.393 e. The largest absolute Gasteiger partial charge is 0.393 e. The number of carbonyl (C=O) groups excluding carboxylic acids is 2. The molecule has 16 heavy (non-hydrogen) atoms. The SMILES string of the molecule is CCCC(=O)OC(=O)C(C)c1ccccc1. The summed E-state index contributed by atoms with van der Waals surface area (Å²) in [5, 5.41) is 0. The van der Waals surface area contributed by atoms with Gasteiger partial charge >= 0.3 is 11.9 Å². The topological polar surface area (TPSA) is 43.4 Å². The van der Waals surface area contributed by atoms with Crippen LogP contribution in [0.25, 0.3) is 0 Å². The molecule has 1 aromatic carbocycles. The van der Waals surface area contributed by atoms with Gasteiger partial charge in [-0.1, -0.05) is 37.3 Å². The fourth-order valence-electron chi connectivity index (χ4n) is 1.33. The zero-order valence-electron chi connectivity index (χ0n) is 9.60. The number of hydrogen-bond donors (Lipinski definition) is 0. The normalized spacial score (nSPS) is 11.9. The van der Waals surface area contributed by atoms with Crippen molar-refractivity contribution in [2.24, 2.45) is 0 Å². The van der Waals surface area contributed by atoms with E-state index in [1.807, 2.05) is 37.3 Å². The second-order valence-electron chi connectivity index (χ2n) is 3.68. The summed E-state index contributed by atoms with van der Waals surface area (Å²) in [6.45, 7) is 3.60. The van der Waals surface area contributed by atoms with Crippen LogP contribution in [0.1, 0.15) is 38.2 Å². The standard InChI is InChI=1S/C13H16O3/c1-3-7-12(14)16-13(15)10(2)11-8-5-4-6-9-11/h4-6,8-10H,3,7H2,1-2H3. The Labute approximate surface area is 95.4 Å². The maximum Gasteiger partial charge on any atom is 0.320 e. The van der Waals surface area contributed by atoms with Gasteiger partial charge in [0.15, 0.2) is 0 Å². The van der Waals surface area contributed by atoms with Crippen LogP contribution in [0.3, 0.4) is 0 Å². The summed E-state index contributed by atoms with van der Waals surface area (Å²) in [4.78, 5) is 22.7. The van der Waals surface area contributed by atoms with E-state index >= 15 is 0 Å². The summed E-state index contributed by atoms with van der Waals surface area (Å²) in [6, 6.07) is 9.27. The summed E-state index contributed by atoms with van der Waals surface area (Å²) in [5.74, 6) is -1.33. The maximum absolute atomic E-state index is 11.6. The Morgan fingerprint density at radius 3 is 2.44 bits per heavy atom. The molecular weight excluding hydrogens is 204 g/mol. The van der Waals surface area contributed by atoms with Crippen LogP contribution < -0.4 is 0 Å². The average molecular weight is 220 g/mol. The lowest BCUT2D eigenvalue weighted by molar-refractivity contribution is -0.160. The Balaban J connectivity index is 2.58. The second-order valence-corrected chi connectivity index (χ2v) is 3.68. The summed E-state index contributed by atoms with van der Waals surface area (Å²) in [5.41, 5.74) is 0.858. The van der Waals surface area contributed by atoms with Crippen molar-refractivity contribution in [2.75, 3.05) is 0 Å². The van der Waals surface area contributed by atoms with Gasteiger partial charge in [0.25, 0.3) is 0 Å². The van der Waals surface area contributed by atoms with E-state index in [4.69, 9.17) is 4.74 Å². The first-order valence-corrected chi connectivity index (χ1v) is 5.44. The third-order valence-electron chi connectivity index (χ3n) is 2.32. The highest BCUT2D eigenvalue weighted by atomic mass is 16.6. The van der Waals surface area contributed by atoms with E-state index in [2.05, 4.69) is 0 Å². The molecule has 3 heteroatoms. The number of ether oxygens (including phenoxy) is 1. The van der Waals surface area contributed by atoms with Gasteiger partial charge in [-0.15, -0.1) is 0 Å². The number of rotatable bonds is 4. The van der Waals surface area contributed by atoms with Crippen LogP contribution in [0, 0.1) is 0 Å². The van der Waals surface area contributed by atoms with Crippen molar-refractivity contribution < 1.29 is 14.3 Å². The molecule has 0 bridgehead atoms. The van der Waals surface area contributed by atoms with Crippen molar-refractivity contribution in [3.05, 3.63) is 35.9 Å². The Kier molecular flexibility index (Phi) is 4.70. The van der Waals surface area contributed by atoms with Gasteiger partial charge < -0.3 is 4.74 Å². The molecule has 0 amide bonds. The number of benzene rings is 1. The van der Waals surface area contributed by atoms with E-state index in [-0.39, 0.29) is 6.42 Å². The molecule has 86 valence electrons. The monoisotopic (exact) mass is 220 g/mol. The third-order valence-corrected chi connectivity index (χ3v) is 2.32. The van der Waals surface area contributed by atoms with Gasteiger partial charge in [-0.3, -0.25) is 9.59 Å². The highest BCUT2D eigenvalue weighted by Gasteiger charge is 2.19. The molecule has 0 aliphatic rings. The number of hydrogen-bond acceptors (Lipinski definition) is 3. The van der Waals surface area contributed by atoms with Crippen molar-refractivity contribution in [1.82, 2.24) is 0 Å². The Morgan fingerprint density at radius 1 is 1.25 bits per heavy atom. The van der Waals surface area contributed by atoms with Crippen LogP contribution in [0.4, 0.5) is 0 Å². The van der Waals surface area contributed by atoms with Gasteiger partial charge in [-0.2, -0.15) is 0 Å². The first kappa shape index (κ1) is 12.4. The molecule has 0 fully saturated rings. The molecule has 3 nitrogen and oxygen atoms in total. The quantitative estimate of drug-likeness (QED) is 0.578. The lowest BCUT2D eigenvalue weighted by Gasteiger charge is -2.09. The Bertz CT molecular complexity index is 357. The molecule has 0 saturated heterocycles. The minimum absolute atomic E-state index is 0.285. The predicted octanol–water partition coefficient (Wildman–Crippen LogP) is 2.66. The molecule has 0 aliphatic carbocycles. The van der Waals surface area contributed by atoms with E-state index in [9.17, 15) is 9.59 Å². The molecule has 1 atom stereocenters. The van der Waals surface area contributed by atoms with Crippen LogP contribution >= 0.6 is 0 Å². The summed E-state index contributed by atoms with van der Waals surface area (Å²) >= 11 is 0. The van der Waals surface area contributed by atoms with Crippen LogP contribution in [0.15, 0.2) is 30.3 Å². The van der Waals surface area contributed by atoms with Gasteiger partial charge in [0, 0.05) is 6.42 Å². The van der Waals surface area contributed by atoms with E-state index in [0.717, 1.165) is 5.56 Å². The van der Waals surface area contributed by atoms with Crippen molar-refractivity contribution in [2.45, 2.75) is 32.6 Å². The Hall–Kier alpha value is -1.64. The fraction of sp³-hybridized carbons (Fsp3) is 0.385. The average Bonchev–Trinajstić information content (AvgIpc) is 2.29. The molecule has 0 heterocycles. The van der Waals surface area contributed by atoms with Crippen LogP contribution in [-0.4, -0.2) is 11.9 Å². The molecule has 1 aromatic rings. The predicted molar refractivity (Wildman–Crippen MR) is 60.9 cm³/mol. The molecular formula is C13H16O3. The fourth-order valence-corrected chi connectivity index (χ4v) is 1.33. The highest BCUT2D eigenvalue weighted by molar-refractivity contribution is 5.89. The van der Waals surface area contributed by atoms with Crippen molar-refractivity contribution in [3.8, 4) is 0 Å². The molecule has 0 radical (unpaired) electrons. The van der Waals surface area contributed by atoms with Crippen molar-refractivity contribution >= 4 is 11.9 Å². The number of carbonyl (C=O) groups is 2. The zero-order valence-corrected chi connectivity index (χ0v) is 9.60. The van der Waals surface area contributed by atoms with Crippen LogP contribution in [0.5, 0.6) is 0 Å². The van der Waals surface area contributed by atoms with Gasteiger partial charge in [-0.05, 0) is 18.9 Å². The van der Waals surface area contributed by atoms with Crippen molar-refractivity contribution in [1.29, 1.82) is 0 Å². The molecule has 0 saturated carbocycles. The summed E-state index contributed by atoms with van der Waals surface area (Å²) in [6.07, 6.45) is 0.971. The van der Waals surface area contributed by atoms with Crippen LogP contribution in [-0.2, 0) is 14.3 Å². The van der Waals surface area contributed by atoms with Crippen LogP contribution in [0.2, 0.25) is 0 Å². The first-order chi connectivity index (χ1) is 7.65. The van der Waals surface area contributed by atoms with E-state index in [1.165, 1.54) is 0 Å². The van der Waals surface area contributed by atoms with Gasteiger partial charge in [0.1, 0.15) is 0 Å². The summed E-state index contributed by atoms with van der Waals surface area (Å²) < 4.78 is 4.73. The molecule has 1 unspecified atom stereocenters. The zero-order chi connectivity index (χ0) is 12.0. The van der Waals surface area contributed by atoms with Gasteiger partial charge in [0.2, 0.25) is 0 Å². The smallest absolute Gasteiger partial charge is 0.320 e. The molecule has 0 aromatic heterocycles. The molecule has 0 spiro atoms. The lowest BCUT2D eigenvalue weighted by atomic mass is 10.0. The van der Waals surface area contributed by atoms with E-state index in [0.29, 0.717) is 6.42 Å². The first-order valence-electron chi connectivity index (χ1n) is 5.44. The second kappa shape index (κ2) is 6.05. The van der Waals surface area contributed by atoms with Gasteiger partial charge in [0.05, 0.1) is 5.92 Å². The van der Waals surface area contributed by atoms with E-state index < -0.39 is 17.9 Å².